The molecule has 0 aliphatic heterocycles. The number of hydrogen-bond acceptors (Lipinski definition) is 5. The SMILES string of the molecule is CCOc1ccccc1CN(Cc1ccco1)CC(O)COc1ccccc1Cl. The molecule has 2 aromatic carbocycles. The second-order valence-corrected chi connectivity index (χ2v) is 7.09. The summed E-state index contributed by atoms with van der Waals surface area (Å²) in [6.45, 7) is 4.30. The van der Waals surface area contributed by atoms with Gasteiger partial charge < -0.3 is 19.0 Å². The third kappa shape index (κ3) is 6.53. The van der Waals surface area contributed by atoms with Crippen molar-refractivity contribution in [2.24, 2.45) is 0 Å². The third-order valence-electron chi connectivity index (χ3n) is 4.36. The van der Waals surface area contributed by atoms with E-state index in [9.17, 15) is 5.11 Å². The molecule has 0 saturated heterocycles. The number of hydrogen-bond donors (Lipinski definition) is 1. The van der Waals surface area contributed by atoms with Crippen molar-refractivity contribution < 1.29 is 19.0 Å². The second kappa shape index (κ2) is 10.9. The van der Waals surface area contributed by atoms with Crippen molar-refractivity contribution in [1.82, 2.24) is 4.90 Å². The van der Waals surface area contributed by atoms with Gasteiger partial charge in [-0.3, -0.25) is 4.90 Å². The highest BCUT2D eigenvalue weighted by molar-refractivity contribution is 6.32. The summed E-state index contributed by atoms with van der Waals surface area (Å²) in [5.74, 6) is 2.24. The molecule has 1 N–H and O–H groups in total. The fourth-order valence-corrected chi connectivity index (χ4v) is 3.27. The van der Waals surface area contributed by atoms with E-state index in [2.05, 4.69) is 4.90 Å². The van der Waals surface area contributed by atoms with Gasteiger partial charge in [0.05, 0.1) is 24.4 Å². The van der Waals surface area contributed by atoms with Gasteiger partial charge in [-0.15, -0.1) is 0 Å². The lowest BCUT2D eigenvalue weighted by atomic mass is 10.1. The molecule has 0 amide bonds. The molecule has 154 valence electrons. The predicted octanol–water partition coefficient (Wildman–Crippen LogP) is 4.77. The molecule has 0 spiro atoms. The highest BCUT2D eigenvalue weighted by Crippen LogP contribution is 2.24. The van der Waals surface area contributed by atoms with Crippen LogP contribution >= 0.6 is 11.6 Å². The number of aliphatic hydroxyl groups excluding tert-OH is 1. The van der Waals surface area contributed by atoms with E-state index in [0.717, 1.165) is 17.1 Å². The summed E-state index contributed by atoms with van der Waals surface area (Å²) >= 11 is 6.12. The van der Waals surface area contributed by atoms with Gasteiger partial charge in [0.1, 0.15) is 30.0 Å². The van der Waals surface area contributed by atoms with Crippen LogP contribution in [-0.4, -0.2) is 35.9 Å². The van der Waals surface area contributed by atoms with E-state index in [1.807, 2.05) is 55.5 Å². The summed E-state index contributed by atoms with van der Waals surface area (Å²) in [5.41, 5.74) is 1.06. The Bertz CT molecular complexity index is 869. The van der Waals surface area contributed by atoms with Gasteiger partial charge in [0.25, 0.3) is 0 Å². The Morgan fingerprint density at radius 1 is 0.966 bits per heavy atom. The maximum atomic E-state index is 10.6. The molecule has 6 heteroatoms. The lowest BCUT2D eigenvalue weighted by Gasteiger charge is -2.25. The van der Waals surface area contributed by atoms with Gasteiger partial charge in [-0.05, 0) is 37.3 Å². The molecule has 0 aliphatic carbocycles. The van der Waals surface area contributed by atoms with Gasteiger partial charge in [0.15, 0.2) is 0 Å². The fourth-order valence-electron chi connectivity index (χ4n) is 3.08. The summed E-state index contributed by atoms with van der Waals surface area (Å²) in [6, 6.07) is 19.0. The zero-order chi connectivity index (χ0) is 20.5. The quantitative estimate of drug-likeness (QED) is 0.488. The monoisotopic (exact) mass is 415 g/mol. The molecule has 1 unspecified atom stereocenters. The normalized spacial score (nSPS) is 12.1. The van der Waals surface area contributed by atoms with Crippen LogP contribution < -0.4 is 9.47 Å². The molecule has 0 bridgehead atoms. The number of furan rings is 1. The molecule has 1 atom stereocenters. The molecule has 3 aromatic rings. The lowest BCUT2D eigenvalue weighted by Crippen LogP contribution is -2.35. The average molecular weight is 416 g/mol. The minimum absolute atomic E-state index is 0.144. The van der Waals surface area contributed by atoms with Gasteiger partial charge in [-0.2, -0.15) is 0 Å². The number of halogens is 1. The Balaban J connectivity index is 1.66. The van der Waals surface area contributed by atoms with Crippen LogP contribution in [0.2, 0.25) is 5.02 Å². The first-order valence-corrected chi connectivity index (χ1v) is 10.0. The van der Waals surface area contributed by atoms with E-state index < -0.39 is 6.10 Å². The number of para-hydroxylation sites is 2. The average Bonchev–Trinajstić information content (AvgIpc) is 3.22. The summed E-state index contributed by atoms with van der Waals surface area (Å²) in [6.07, 6.45) is 0.957. The van der Waals surface area contributed by atoms with Crippen LogP contribution in [0.5, 0.6) is 11.5 Å². The van der Waals surface area contributed by atoms with Crippen molar-refractivity contribution in [1.29, 1.82) is 0 Å². The molecule has 1 aromatic heterocycles. The van der Waals surface area contributed by atoms with Crippen molar-refractivity contribution in [2.75, 3.05) is 19.8 Å². The third-order valence-corrected chi connectivity index (χ3v) is 4.68. The van der Waals surface area contributed by atoms with Crippen molar-refractivity contribution in [2.45, 2.75) is 26.1 Å². The number of ether oxygens (including phenoxy) is 2. The zero-order valence-corrected chi connectivity index (χ0v) is 17.2. The molecule has 29 heavy (non-hydrogen) atoms. The molecule has 3 rings (SSSR count). The second-order valence-electron chi connectivity index (χ2n) is 6.68. The highest BCUT2D eigenvalue weighted by atomic mass is 35.5. The van der Waals surface area contributed by atoms with E-state index in [-0.39, 0.29) is 6.61 Å². The first-order valence-electron chi connectivity index (χ1n) is 9.66. The van der Waals surface area contributed by atoms with Crippen molar-refractivity contribution in [3.8, 4) is 11.5 Å². The number of benzene rings is 2. The van der Waals surface area contributed by atoms with E-state index in [0.29, 0.717) is 37.0 Å². The van der Waals surface area contributed by atoms with Crippen molar-refractivity contribution >= 4 is 11.6 Å². The molecular formula is C23H26ClNO4. The Labute approximate surface area is 176 Å². The topological polar surface area (TPSA) is 55.1 Å². The minimum Gasteiger partial charge on any atom is -0.494 e. The predicted molar refractivity (Wildman–Crippen MR) is 113 cm³/mol. The number of nitrogens with zero attached hydrogens (tertiary/aromatic N) is 1. The van der Waals surface area contributed by atoms with Crippen LogP contribution in [0.25, 0.3) is 0 Å². The first-order chi connectivity index (χ1) is 14.2. The van der Waals surface area contributed by atoms with Crippen molar-refractivity contribution in [3.05, 3.63) is 83.3 Å². The Morgan fingerprint density at radius 2 is 1.72 bits per heavy atom. The first kappa shape index (κ1) is 21.2. The van der Waals surface area contributed by atoms with Gasteiger partial charge in [0, 0.05) is 18.7 Å². The van der Waals surface area contributed by atoms with Crippen LogP contribution in [-0.2, 0) is 13.1 Å². The summed E-state index contributed by atoms with van der Waals surface area (Å²) in [5, 5.41) is 11.1. The molecule has 0 saturated carbocycles. The maximum absolute atomic E-state index is 10.6. The summed E-state index contributed by atoms with van der Waals surface area (Å²) in [7, 11) is 0. The molecule has 0 radical (unpaired) electrons. The standard InChI is InChI=1S/C23H26ClNO4/c1-2-27-22-11-5-3-8-18(22)14-25(16-20-9-7-13-28-20)15-19(26)17-29-23-12-6-4-10-21(23)24/h3-13,19,26H,2,14-17H2,1H3. The highest BCUT2D eigenvalue weighted by Gasteiger charge is 2.17. The van der Waals surface area contributed by atoms with E-state index in [1.165, 1.54) is 0 Å². The fraction of sp³-hybridized carbons (Fsp3) is 0.304. The van der Waals surface area contributed by atoms with E-state index >= 15 is 0 Å². The smallest absolute Gasteiger partial charge is 0.138 e. The Hall–Kier alpha value is -2.47. The van der Waals surface area contributed by atoms with Crippen LogP contribution in [0.1, 0.15) is 18.2 Å². The lowest BCUT2D eigenvalue weighted by molar-refractivity contribution is 0.0601. The molecular weight excluding hydrogens is 390 g/mol. The van der Waals surface area contributed by atoms with Gasteiger partial charge >= 0.3 is 0 Å². The van der Waals surface area contributed by atoms with E-state index in [1.54, 1.807) is 18.4 Å². The minimum atomic E-state index is -0.694. The van der Waals surface area contributed by atoms with Gasteiger partial charge in [-0.25, -0.2) is 0 Å². The molecule has 5 nitrogen and oxygen atoms in total. The van der Waals surface area contributed by atoms with E-state index in [4.69, 9.17) is 25.5 Å². The summed E-state index contributed by atoms with van der Waals surface area (Å²) in [4.78, 5) is 2.11. The summed E-state index contributed by atoms with van der Waals surface area (Å²) < 4.78 is 16.9. The van der Waals surface area contributed by atoms with Gasteiger partial charge in [-0.1, -0.05) is 41.9 Å². The molecule has 0 fully saturated rings. The Morgan fingerprint density at radius 3 is 2.45 bits per heavy atom. The maximum Gasteiger partial charge on any atom is 0.138 e. The zero-order valence-electron chi connectivity index (χ0n) is 16.5. The van der Waals surface area contributed by atoms with Crippen molar-refractivity contribution in [3.63, 3.8) is 0 Å². The van der Waals surface area contributed by atoms with Crippen LogP contribution in [0.15, 0.2) is 71.3 Å². The molecule has 1 heterocycles. The van der Waals surface area contributed by atoms with Gasteiger partial charge in [0.2, 0.25) is 0 Å². The van der Waals surface area contributed by atoms with Crippen LogP contribution in [0, 0.1) is 0 Å². The number of aliphatic hydroxyl groups is 1. The molecule has 0 aliphatic rings. The van der Waals surface area contributed by atoms with Crippen LogP contribution in [0.4, 0.5) is 0 Å². The van der Waals surface area contributed by atoms with Crippen LogP contribution in [0.3, 0.4) is 0 Å². The largest absolute Gasteiger partial charge is 0.494 e. The number of rotatable bonds is 11. The Kier molecular flexibility index (Phi) is 7.99.